The van der Waals surface area contributed by atoms with E-state index in [2.05, 4.69) is 170 Å². The quantitative estimate of drug-likeness (QED) is 0.0804. The molecule has 0 atom stereocenters. The first-order chi connectivity index (χ1) is 38.9. The summed E-state index contributed by atoms with van der Waals surface area (Å²) in [5.41, 5.74) is 4.24. The van der Waals surface area contributed by atoms with Crippen LogP contribution in [0.3, 0.4) is 0 Å². The Bertz CT molecular complexity index is 3860. The van der Waals surface area contributed by atoms with Crippen LogP contribution in [0.4, 0.5) is 17.3 Å². The van der Waals surface area contributed by atoms with Crippen molar-refractivity contribution in [1.82, 2.24) is 15.0 Å². The third kappa shape index (κ3) is 8.82. The lowest BCUT2D eigenvalue weighted by molar-refractivity contribution is 1.02. The summed E-state index contributed by atoms with van der Waals surface area (Å²) >= 11 is 0. The van der Waals surface area contributed by atoms with E-state index in [0.29, 0.717) is 16.6 Å². The van der Waals surface area contributed by atoms with Crippen molar-refractivity contribution >= 4 is 75.0 Å². The van der Waals surface area contributed by atoms with Crippen LogP contribution in [0.25, 0.3) is 33.9 Å². The first-order valence-electron chi connectivity index (χ1n) is 27.2. The average Bonchev–Trinajstić information content (AvgIpc) is 3.66. The van der Waals surface area contributed by atoms with Crippen LogP contribution in [0.1, 0.15) is 5.48 Å². The van der Waals surface area contributed by atoms with Crippen molar-refractivity contribution in [2.45, 2.75) is 0 Å². The maximum Gasteiger partial charge on any atom is 0.238 e. The van der Waals surface area contributed by atoms with Crippen LogP contribution in [-0.4, -0.2) is 31.1 Å². The second kappa shape index (κ2) is 21.0. The molecule has 75 heavy (non-hydrogen) atoms. The van der Waals surface area contributed by atoms with Gasteiger partial charge in [-0.05, 0) is 65.3 Å². The maximum absolute atomic E-state index is 10.7. The number of aromatic nitrogens is 3. The first kappa shape index (κ1) is 42.2. The van der Waals surface area contributed by atoms with Gasteiger partial charge in [-0.2, -0.15) is 9.97 Å². The zero-order valence-corrected chi connectivity index (χ0v) is 43.0. The Morgan fingerprint density at radius 3 is 1.16 bits per heavy atom. The van der Waals surface area contributed by atoms with E-state index < -0.39 is 16.1 Å². The smallest absolute Gasteiger partial charge is 0.238 e. The number of rotatable bonds is 14. The van der Waals surface area contributed by atoms with Crippen molar-refractivity contribution in [1.29, 1.82) is 0 Å². The molecule has 0 spiro atoms. The molecule has 0 fully saturated rings. The van der Waals surface area contributed by atoms with Gasteiger partial charge < -0.3 is 0 Å². The molecule has 1 heterocycles. The van der Waals surface area contributed by atoms with Crippen LogP contribution in [0.5, 0.6) is 0 Å². The predicted molar refractivity (Wildman–Crippen MR) is 318 cm³/mol. The van der Waals surface area contributed by atoms with Crippen LogP contribution < -0.4 is 46.4 Å². The van der Waals surface area contributed by atoms with Gasteiger partial charge in [0.15, 0.2) is 27.8 Å². The number of hydrogen-bond donors (Lipinski definition) is 0. The first-order valence-corrected chi connectivity index (χ1v) is 29.2. The summed E-state index contributed by atoms with van der Waals surface area (Å²) in [7, 11) is -6.72. The second-order valence-electron chi connectivity index (χ2n) is 18.4. The summed E-state index contributed by atoms with van der Waals surface area (Å²) in [6.45, 7) is 0. The second-order valence-corrected chi connectivity index (χ2v) is 25.9. The van der Waals surface area contributed by atoms with Gasteiger partial charge in [-0.25, -0.2) is 4.98 Å². The van der Waals surface area contributed by atoms with Crippen LogP contribution in [-0.2, 0) is 0 Å². The van der Waals surface area contributed by atoms with E-state index in [9.17, 15) is 5.48 Å². The Labute approximate surface area is 447 Å². The molecule has 0 N–H and O–H groups in total. The van der Waals surface area contributed by atoms with Gasteiger partial charge in [-0.1, -0.05) is 297 Å². The van der Waals surface area contributed by atoms with Gasteiger partial charge in [0, 0.05) is 22.4 Å². The van der Waals surface area contributed by atoms with Crippen molar-refractivity contribution in [3.8, 4) is 33.9 Å². The Balaban J connectivity index is 1.19. The molecule has 4 nitrogen and oxygen atoms in total. The molecule has 0 aliphatic carbocycles. The van der Waals surface area contributed by atoms with Crippen LogP contribution in [0, 0.1) is 0 Å². The largest absolute Gasteiger partial charge is 0.278 e. The van der Waals surface area contributed by atoms with E-state index in [1.54, 1.807) is 0 Å². The Hall–Kier alpha value is -9.34. The van der Waals surface area contributed by atoms with Gasteiger partial charge in [0.1, 0.15) is 0 Å². The van der Waals surface area contributed by atoms with Crippen molar-refractivity contribution in [3.63, 3.8) is 0 Å². The monoisotopic (exact) mass is 996 g/mol. The fraction of sp³-hybridized carbons (Fsp3) is 0. The molecule has 0 saturated carbocycles. The number of para-hydroxylation sites is 2. The van der Waals surface area contributed by atoms with Gasteiger partial charge in [-0.15, -0.1) is 0 Å². The number of nitrogens with zero attached hydrogens (tertiary/aromatic N) is 4. The Morgan fingerprint density at radius 1 is 0.307 bits per heavy atom. The molecular formula is C69H52N4Si2. The molecular weight excluding hydrogens is 941 g/mol. The van der Waals surface area contributed by atoms with Crippen molar-refractivity contribution in [3.05, 3.63) is 315 Å². The van der Waals surface area contributed by atoms with E-state index in [0.717, 1.165) is 43.2 Å². The van der Waals surface area contributed by atoms with Crippen molar-refractivity contribution < 1.29 is 5.48 Å². The fourth-order valence-electron chi connectivity index (χ4n) is 10.8. The Kier molecular flexibility index (Phi) is 11.8. The molecule has 11 aromatic carbocycles. The average molecular weight is 997 g/mol. The minimum Gasteiger partial charge on any atom is -0.278 e. The van der Waals surface area contributed by atoms with Gasteiger partial charge in [0.2, 0.25) is 5.95 Å². The summed E-state index contributed by atoms with van der Waals surface area (Å²) in [5.74, 6) is 0.608. The molecule has 6 heteroatoms. The highest BCUT2D eigenvalue weighted by Crippen LogP contribution is 2.40. The predicted octanol–water partition coefficient (Wildman–Crippen LogP) is 11.1. The zero-order chi connectivity index (χ0) is 53.8. The highest BCUT2D eigenvalue weighted by atomic mass is 28.3. The summed E-state index contributed by atoms with van der Waals surface area (Å²) in [6.07, 6.45) is 0. The highest BCUT2D eigenvalue weighted by molar-refractivity contribution is 7.20. The zero-order valence-electron chi connectivity index (χ0n) is 45.0. The van der Waals surface area contributed by atoms with Crippen LogP contribution >= 0.6 is 0 Å². The van der Waals surface area contributed by atoms with Gasteiger partial charge >= 0.3 is 0 Å². The highest BCUT2D eigenvalue weighted by Gasteiger charge is 2.43. The van der Waals surface area contributed by atoms with E-state index in [1.807, 2.05) is 126 Å². The van der Waals surface area contributed by atoms with E-state index >= 15 is 0 Å². The van der Waals surface area contributed by atoms with Crippen LogP contribution in [0.15, 0.2) is 315 Å². The topological polar surface area (TPSA) is 41.9 Å². The fourth-order valence-corrected chi connectivity index (χ4v) is 20.1. The van der Waals surface area contributed by atoms with Gasteiger partial charge in [0.25, 0.3) is 0 Å². The SMILES string of the molecule is [2H]c1c([2H])c(-c2nc(-c3cccc([Si](c4ccccc4)(c4ccccc4)c4ccccc4)c3)nc(N(c3ccccc3)c3ccccc3-c3ccccc3)n2)c([2H])c([Si](c2ccccc2)(c2ccccc2)c2ccccc2)c1[2H]. The minimum atomic E-state index is -3.65. The number of hydrogen-bond acceptors (Lipinski definition) is 4. The molecule has 12 aromatic rings. The van der Waals surface area contributed by atoms with Gasteiger partial charge in [-0.3, -0.25) is 4.90 Å². The molecule has 1 aromatic heterocycles. The lowest BCUT2D eigenvalue weighted by Gasteiger charge is -2.34. The maximum atomic E-state index is 10.7. The van der Waals surface area contributed by atoms with E-state index in [4.69, 9.17) is 15.0 Å². The molecule has 0 unspecified atom stereocenters. The van der Waals surface area contributed by atoms with Crippen molar-refractivity contribution in [2.24, 2.45) is 0 Å². The summed E-state index contributed by atoms with van der Waals surface area (Å²) in [5, 5.41) is 7.90. The standard InChI is InChI=1S/C69H52N4Si2/c1-9-29-53(30-10-1)65-49-25-26-50-66(65)73(56-33-11-2-12-34-56)69-71-67(54-31-27-47-63(51-54)74(57-35-13-3-14-36-57,58-37-15-4-16-38-58)59-39-17-5-18-40-59)70-68(72-69)55-32-28-48-64(52-55)75(60-41-19-6-20-42-60,61-43-21-7-22-44-61)62-45-23-8-24-46-62/h1-52H/i27D,31D,47D,51D. The lowest BCUT2D eigenvalue weighted by atomic mass is 10.0. The summed E-state index contributed by atoms with van der Waals surface area (Å²) in [6, 6.07) is 98.6. The molecule has 0 amide bonds. The molecule has 12 rings (SSSR count). The molecule has 0 radical (unpaired) electrons. The molecule has 0 aliphatic heterocycles. The van der Waals surface area contributed by atoms with Gasteiger partial charge in [0.05, 0.1) is 11.2 Å². The van der Waals surface area contributed by atoms with Crippen LogP contribution in [0.2, 0.25) is 0 Å². The Morgan fingerprint density at radius 2 is 0.680 bits per heavy atom. The van der Waals surface area contributed by atoms with Crippen molar-refractivity contribution in [2.75, 3.05) is 4.90 Å². The third-order valence-electron chi connectivity index (χ3n) is 14.1. The number of benzene rings is 11. The summed E-state index contributed by atoms with van der Waals surface area (Å²) < 4.78 is 40.5. The molecule has 356 valence electrons. The van der Waals surface area contributed by atoms with E-state index in [1.165, 1.54) is 15.6 Å². The number of anilines is 3. The summed E-state index contributed by atoms with van der Waals surface area (Å²) in [4.78, 5) is 18.3. The molecule has 0 bridgehead atoms. The lowest BCUT2D eigenvalue weighted by Crippen LogP contribution is -2.74. The van der Waals surface area contributed by atoms with E-state index in [-0.39, 0.29) is 41.5 Å². The molecule has 0 aliphatic rings. The molecule has 0 saturated heterocycles. The third-order valence-corrected chi connectivity index (χ3v) is 23.5. The minimum absolute atomic E-state index is 0.0441. The normalized spacial score (nSPS) is 12.2.